The number of phenols is 1. The Bertz CT molecular complexity index is 911. The molecule has 2 amide bonds. The Balaban J connectivity index is 1.90. The van der Waals surface area contributed by atoms with Gasteiger partial charge >= 0.3 is 0 Å². The fourth-order valence-electron chi connectivity index (χ4n) is 2.43. The molecule has 0 bridgehead atoms. The number of hydrogen-bond donors (Lipinski definition) is 1. The normalized spacial score (nSPS) is 16.1. The molecular formula is C18H13Br2NO3S. The Morgan fingerprint density at radius 2 is 1.92 bits per heavy atom. The van der Waals surface area contributed by atoms with Crippen molar-refractivity contribution in [2.75, 3.05) is 0 Å². The van der Waals surface area contributed by atoms with Crippen LogP contribution in [0.3, 0.4) is 0 Å². The van der Waals surface area contributed by atoms with E-state index in [-0.39, 0.29) is 23.4 Å². The van der Waals surface area contributed by atoms with Crippen molar-refractivity contribution in [3.05, 3.63) is 66.9 Å². The second-order valence-corrected chi connectivity index (χ2v) is 8.28. The maximum absolute atomic E-state index is 12.6. The number of benzene rings is 2. The molecule has 0 radical (unpaired) electrons. The zero-order valence-corrected chi connectivity index (χ0v) is 17.1. The fourth-order valence-corrected chi connectivity index (χ4v) is 4.52. The summed E-state index contributed by atoms with van der Waals surface area (Å²) >= 11 is 7.49. The number of imide groups is 1. The topological polar surface area (TPSA) is 57.6 Å². The molecule has 3 rings (SSSR count). The van der Waals surface area contributed by atoms with Crippen LogP contribution in [0.5, 0.6) is 5.75 Å². The van der Waals surface area contributed by atoms with Gasteiger partial charge in [0.15, 0.2) is 0 Å². The predicted octanol–water partition coefficient (Wildman–Crippen LogP) is 5.46. The third kappa shape index (κ3) is 3.83. The first-order valence-corrected chi connectivity index (χ1v) is 9.75. The van der Waals surface area contributed by atoms with E-state index in [4.69, 9.17) is 0 Å². The van der Waals surface area contributed by atoms with Gasteiger partial charge in [0.25, 0.3) is 11.1 Å². The summed E-state index contributed by atoms with van der Waals surface area (Å²) in [5, 5.41) is 9.83. The first-order chi connectivity index (χ1) is 11.9. The van der Waals surface area contributed by atoms with Gasteiger partial charge in [-0.05, 0) is 64.0 Å². The molecular weight excluding hydrogens is 470 g/mol. The van der Waals surface area contributed by atoms with E-state index in [9.17, 15) is 14.7 Å². The molecule has 2 aromatic carbocycles. The van der Waals surface area contributed by atoms with Gasteiger partial charge < -0.3 is 5.11 Å². The molecule has 1 heterocycles. The number of hydrogen-bond acceptors (Lipinski definition) is 4. The number of carbonyl (C=O) groups is 2. The first kappa shape index (κ1) is 18.2. The summed E-state index contributed by atoms with van der Waals surface area (Å²) in [4.78, 5) is 26.4. The van der Waals surface area contributed by atoms with Crippen LogP contribution in [0, 0.1) is 6.92 Å². The average Bonchev–Trinajstić information content (AvgIpc) is 2.81. The summed E-state index contributed by atoms with van der Waals surface area (Å²) in [6.07, 6.45) is 1.54. The Kier molecular flexibility index (Phi) is 5.36. The molecule has 1 fully saturated rings. The van der Waals surface area contributed by atoms with E-state index in [1.165, 1.54) is 11.0 Å². The molecule has 1 saturated heterocycles. The van der Waals surface area contributed by atoms with Crippen molar-refractivity contribution < 1.29 is 14.7 Å². The van der Waals surface area contributed by atoms with Crippen molar-refractivity contribution in [3.63, 3.8) is 0 Å². The zero-order valence-electron chi connectivity index (χ0n) is 13.1. The Labute approximate surface area is 166 Å². The third-order valence-electron chi connectivity index (χ3n) is 3.81. The standard InChI is InChI=1S/C18H13Br2NO3S/c1-10-4-2-3-5-11(10)9-21-17(23)15(25-18(21)24)7-12-6-13(19)8-14(20)16(12)22/h2-8,22H,9H2,1H3/b15-7-. The van der Waals surface area contributed by atoms with E-state index in [1.54, 1.807) is 12.1 Å². The lowest BCUT2D eigenvalue weighted by Gasteiger charge is -2.14. The third-order valence-corrected chi connectivity index (χ3v) is 5.78. The Hall–Kier alpha value is -1.57. The van der Waals surface area contributed by atoms with Crippen LogP contribution in [0.1, 0.15) is 16.7 Å². The van der Waals surface area contributed by atoms with E-state index in [0.717, 1.165) is 27.4 Å². The largest absolute Gasteiger partial charge is 0.506 e. The molecule has 7 heteroatoms. The van der Waals surface area contributed by atoms with Crippen molar-refractivity contribution in [2.45, 2.75) is 13.5 Å². The molecule has 0 aromatic heterocycles. The van der Waals surface area contributed by atoms with E-state index < -0.39 is 0 Å². The van der Waals surface area contributed by atoms with Gasteiger partial charge in [0.1, 0.15) is 5.75 Å². The smallest absolute Gasteiger partial charge is 0.293 e. The summed E-state index contributed by atoms with van der Waals surface area (Å²) in [7, 11) is 0. The molecule has 0 unspecified atom stereocenters. The number of amides is 2. The molecule has 0 atom stereocenters. The van der Waals surface area contributed by atoms with Crippen LogP contribution in [-0.4, -0.2) is 21.2 Å². The van der Waals surface area contributed by atoms with Gasteiger partial charge in [-0.2, -0.15) is 0 Å². The predicted molar refractivity (Wildman–Crippen MR) is 106 cm³/mol. The summed E-state index contributed by atoms with van der Waals surface area (Å²) < 4.78 is 1.26. The van der Waals surface area contributed by atoms with Crippen LogP contribution in [0.15, 0.2) is 50.2 Å². The number of rotatable bonds is 3. The van der Waals surface area contributed by atoms with Gasteiger partial charge in [-0.1, -0.05) is 40.2 Å². The quantitative estimate of drug-likeness (QED) is 0.590. The molecule has 0 aliphatic carbocycles. The van der Waals surface area contributed by atoms with E-state index in [2.05, 4.69) is 31.9 Å². The highest BCUT2D eigenvalue weighted by molar-refractivity contribution is 9.11. The van der Waals surface area contributed by atoms with E-state index in [1.807, 2.05) is 31.2 Å². The summed E-state index contributed by atoms with van der Waals surface area (Å²) in [5.41, 5.74) is 2.42. The fraction of sp³-hybridized carbons (Fsp3) is 0.111. The van der Waals surface area contributed by atoms with Crippen molar-refractivity contribution in [3.8, 4) is 5.75 Å². The maximum atomic E-state index is 12.6. The average molecular weight is 483 g/mol. The Morgan fingerprint density at radius 3 is 2.64 bits per heavy atom. The molecule has 128 valence electrons. The van der Waals surface area contributed by atoms with Crippen LogP contribution in [-0.2, 0) is 11.3 Å². The number of halogens is 2. The van der Waals surface area contributed by atoms with Crippen LogP contribution in [0.4, 0.5) is 4.79 Å². The lowest BCUT2D eigenvalue weighted by molar-refractivity contribution is -0.123. The molecule has 2 aromatic rings. The maximum Gasteiger partial charge on any atom is 0.293 e. The summed E-state index contributed by atoms with van der Waals surface area (Å²) in [6.45, 7) is 2.18. The Morgan fingerprint density at radius 1 is 1.20 bits per heavy atom. The minimum absolute atomic E-state index is 0.0221. The molecule has 25 heavy (non-hydrogen) atoms. The minimum atomic E-state index is -0.353. The lowest BCUT2D eigenvalue weighted by atomic mass is 10.1. The zero-order chi connectivity index (χ0) is 18.1. The highest BCUT2D eigenvalue weighted by Gasteiger charge is 2.35. The van der Waals surface area contributed by atoms with Crippen molar-refractivity contribution in [1.29, 1.82) is 0 Å². The van der Waals surface area contributed by atoms with Gasteiger partial charge in [-0.25, -0.2) is 0 Å². The van der Waals surface area contributed by atoms with Gasteiger partial charge in [0.05, 0.1) is 15.9 Å². The SMILES string of the molecule is Cc1ccccc1CN1C(=O)S/C(=C\c2cc(Br)cc(Br)c2O)C1=O. The molecule has 4 nitrogen and oxygen atoms in total. The highest BCUT2D eigenvalue weighted by atomic mass is 79.9. The molecule has 1 N–H and O–H groups in total. The first-order valence-electron chi connectivity index (χ1n) is 7.34. The van der Waals surface area contributed by atoms with Crippen LogP contribution >= 0.6 is 43.6 Å². The molecule has 1 aliphatic heterocycles. The van der Waals surface area contributed by atoms with Gasteiger partial charge in [-0.3, -0.25) is 14.5 Å². The van der Waals surface area contributed by atoms with Crippen molar-refractivity contribution in [2.24, 2.45) is 0 Å². The highest BCUT2D eigenvalue weighted by Crippen LogP contribution is 2.38. The number of aryl methyl sites for hydroxylation is 1. The summed E-state index contributed by atoms with van der Waals surface area (Å²) in [6, 6.07) is 11.0. The number of thioether (sulfide) groups is 1. The van der Waals surface area contributed by atoms with Gasteiger partial charge in [0, 0.05) is 10.0 Å². The lowest BCUT2D eigenvalue weighted by Crippen LogP contribution is -2.27. The number of aromatic hydroxyl groups is 1. The number of nitrogens with zero attached hydrogens (tertiary/aromatic N) is 1. The van der Waals surface area contributed by atoms with Crippen LogP contribution < -0.4 is 0 Å². The molecule has 0 saturated carbocycles. The number of carbonyl (C=O) groups excluding carboxylic acids is 2. The summed E-state index contributed by atoms with van der Waals surface area (Å²) in [5.74, 6) is -0.331. The van der Waals surface area contributed by atoms with E-state index in [0.29, 0.717) is 14.9 Å². The van der Waals surface area contributed by atoms with Crippen molar-refractivity contribution in [1.82, 2.24) is 4.90 Å². The van der Waals surface area contributed by atoms with Crippen LogP contribution in [0.25, 0.3) is 6.08 Å². The van der Waals surface area contributed by atoms with E-state index >= 15 is 0 Å². The number of phenolic OH excluding ortho intramolecular Hbond substituents is 1. The van der Waals surface area contributed by atoms with Gasteiger partial charge in [0.2, 0.25) is 0 Å². The minimum Gasteiger partial charge on any atom is -0.506 e. The second kappa shape index (κ2) is 7.35. The monoisotopic (exact) mass is 481 g/mol. The second-order valence-electron chi connectivity index (χ2n) is 5.52. The molecule has 1 aliphatic rings. The van der Waals surface area contributed by atoms with Crippen LogP contribution in [0.2, 0.25) is 0 Å². The van der Waals surface area contributed by atoms with Gasteiger partial charge in [-0.15, -0.1) is 0 Å². The van der Waals surface area contributed by atoms with Crippen molar-refractivity contribution >= 4 is 60.8 Å². The molecule has 0 spiro atoms.